The van der Waals surface area contributed by atoms with E-state index in [2.05, 4.69) is 25.9 Å². The Labute approximate surface area is 125 Å². The first kappa shape index (κ1) is 17.0. The smallest absolute Gasteiger partial charge is 0.243 e. The van der Waals surface area contributed by atoms with Crippen molar-refractivity contribution in [2.45, 2.75) is 33.7 Å². The number of anilines is 1. The molecule has 0 aromatic carbocycles. The van der Waals surface area contributed by atoms with E-state index in [4.69, 9.17) is 16.3 Å². The standard InChI is InChI=1S/C14H24ClN3O2/c1-14(2,3)11-18(13(19)10-15)12-6-8-17(16-12)7-5-9-20-4/h6,8H,5,7,9-11H2,1-4H3. The largest absolute Gasteiger partial charge is 0.385 e. The molecule has 6 heteroatoms. The van der Waals surface area contributed by atoms with E-state index in [1.807, 2.05) is 16.9 Å². The van der Waals surface area contributed by atoms with Crippen molar-refractivity contribution in [3.8, 4) is 0 Å². The van der Waals surface area contributed by atoms with Crippen LogP contribution in [-0.2, 0) is 16.1 Å². The van der Waals surface area contributed by atoms with E-state index in [0.29, 0.717) is 19.0 Å². The van der Waals surface area contributed by atoms with Crippen LogP contribution >= 0.6 is 11.6 Å². The Morgan fingerprint density at radius 3 is 2.75 bits per heavy atom. The van der Waals surface area contributed by atoms with Gasteiger partial charge in [0.15, 0.2) is 5.82 Å². The monoisotopic (exact) mass is 301 g/mol. The van der Waals surface area contributed by atoms with Gasteiger partial charge in [0.2, 0.25) is 5.91 Å². The van der Waals surface area contributed by atoms with E-state index in [9.17, 15) is 4.79 Å². The lowest BCUT2D eigenvalue weighted by atomic mass is 9.96. The fourth-order valence-electron chi connectivity index (χ4n) is 1.83. The predicted octanol–water partition coefficient (Wildman–Crippen LogP) is 2.54. The maximum atomic E-state index is 12.0. The van der Waals surface area contributed by atoms with Gasteiger partial charge in [-0.15, -0.1) is 11.6 Å². The Morgan fingerprint density at radius 2 is 2.20 bits per heavy atom. The number of aryl methyl sites for hydroxylation is 1. The Hall–Kier alpha value is -1.07. The van der Waals surface area contributed by atoms with Gasteiger partial charge in [-0.1, -0.05) is 20.8 Å². The highest BCUT2D eigenvalue weighted by molar-refractivity contribution is 6.29. The molecule has 0 radical (unpaired) electrons. The molecule has 1 rings (SSSR count). The summed E-state index contributed by atoms with van der Waals surface area (Å²) in [5, 5.41) is 4.44. The summed E-state index contributed by atoms with van der Waals surface area (Å²) in [5.41, 5.74) is -0.0124. The van der Waals surface area contributed by atoms with Crippen LogP contribution in [0.2, 0.25) is 0 Å². The summed E-state index contributed by atoms with van der Waals surface area (Å²) in [4.78, 5) is 13.6. The van der Waals surface area contributed by atoms with Crippen molar-refractivity contribution in [3.63, 3.8) is 0 Å². The number of nitrogens with zero attached hydrogens (tertiary/aromatic N) is 3. The predicted molar refractivity (Wildman–Crippen MR) is 81.2 cm³/mol. The van der Waals surface area contributed by atoms with Gasteiger partial charge in [-0.2, -0.15) is 5.10 Å². The number of amides is 1. The number of hydrogen-bond donors (Lipinski definition) is 0. The summed E-state index contributed by atoms with van der Waals surface area (Å²) in [6, 6.07) is 1.85. The molecular weight excluding hydrogens is 278 g/mol. The molecule has 0 aliphatic heterocycles. The normalized spacial score (nSPS) is 11.7. The van der Waals surface area contributed by atoms with Crippen molar-refractivity contribution < 1.29 is 9.53 Å². The zero-order chi connectivity index (χ0) is 15.2. The fraction of sp³-hybridized carbons (Fsp3) is 0.714. The third-order valence-electron chi connectivity index (χ3n) is 2.69. The summed E-state index contributed by atoms with van der Waals surface area (Å²) in [7, 11) is 1.68. The maximum Gasteiger partial charge on any atom is 0.243 e. The number of rotatable bonds is 7. The molecule has 0 aliphatic rings. The summed E-state index contributed by atoms with van der Waals surface area (Å²) < 4.78 is 6.84. The molecule has 1 amide bonds. The van der Waals surface area contributed by atoms with Gasteiger partial charge >= 0.3 is 0 Å². The minimum absolute atomic E-state index is 0.0124. The Bertz CT molecular complexity index is 426. The maximum absolute atomic E-state index is 12.0. The van der Waals surface area contributed by atoms with Crippen molar-refractivity contribution in [2.75, 3.05) is 31.0 Å². The number of hydrogen-bond acceptors (Lipinski definition) is 3. The molecule has 20 heavy (non-hydrogen) atoms. The number of carbonyl (C=O) groups is 1. The number of alkyl halides is 1. The third-order valence-corrected chi connectivity index (χ3v) is 2.92. The lowest BCUT2D eigenvalue weighted by molar-refractivity contribution is -0.116. The minimum Gasteiger partial charge on any atom is -0.385 e. The van der Waals surface area contributed by atoms with Gasteiger partial charge in [-0.05, 0) is 11.8 Å². The van der Waals surface area contributed by atoms with Crippen molar-refractivity contribution in [1.82, 2.24) is 9.78 Å². The van der Waals surface area contributed by atoms with Gasteiger partial charge in [-0.25, -0.2) is 0 Å². The molecule has 114 valence electrons. The molecule has 1 aromatic heterocycles. The van der Waals surface area contributed by atoms with Gasteiger partial charge in [0.1, 0.15) is 5.88 Å². The highest BCUT2D eigenvalue weighted by atomic mass is 35.5. The molecule has 0 N–H and O–H groups in total. The van der Waals surface area contributed by atoms with Gasteiger partial charge in [0, 0.05) is 39.1 Å². The fourth-order valence-corrected chi connectivity index (χ4v) is 1.98. The summed E-state index contributed by atoms with van der Waals surface area (Å²) in [6.45, 7) is 8.30. The lowest BCUT2D eigenvalue weighted by Crippen LogP contribution is -2.39. The molecule has 1 aromatic rings. The van der Waals surface area contributed by atoms with Crippen molar-refractivity contribution >= 4 is 23.3 Å². The second-order valence-electron chi connectivity index (χ2n) is 5.96. The highest BCUT2D eigenvalue weighted by Gasteiger charge is 2.23. The second-order valence-corrected chi connectivity index (χ2v) is 6.22. The van der Waals surface area contributed by atoms with Crippen LogP contribution in [0, 0.1) is 5.41 Å². The number of ether oxygens (including phenoxy) is 1. The van der Waals surface area contributed by atoms with E-state index in [1.165, 1.54) is 0 Å². The molecule has 0 atom stereocenters. The number of halogens is 1. The highest BCUT2D eigenvalue weighted by Crippen LogP contribution is 2.20. The SMILES string of the molecule is COCCCn1ccc(N(CC(C)(C)C)C(=O)CCl)n1. The Morgan fingerprint density at radius 1 is 1.50 bits per heavy atom. The Kier molecular flexibility index (Phi) is 6.49. The average molecular weight is 302 g/mol. The van der Waals surface area contributed by atoms with Gasteiger partial charge < -0.3 is 4.74 Å². The van der Waals surface area contributed by atoms with Crippen molar-refractivity contribution in [2.24, 2.45) is 5.41 Å². The first-order chi connectivity index (χ1) is 9.37. The van der Waals surface area contributed by atoms with Crippen LogP contribution in [-0.4, -0.2) is 41.8 Å². The molecule has 0 saturated heterocycles. The first-order valence-corrected chi connectivity index (χ1v) is 7.29. The van der Waals surface area contributed by atoms with Crippen LogP contribution in [0.3, 0.4) is 0 Å². The third kappa shape index (κ3) is 5.51. The van der Waals surface area contributed by atoms with Gasteiger partial charge in [-0.3, -0.25) is 14.4 Å². The van der Waals surface area contributed by atoms with E-state index in [-0.39, 0.29) is 17.2 Å². The van der Waals surface area contributed by atoms with Crippen LogP contribution in [0.15, 0.2) is 12.3 Å². The Balaban J connectivity index is 2.78. The summed E-state index contributed by atoms with van der Waals surface area (Å²) in [6.07, 6.45) is 2.77. The lowest BCUT2D eigenvalue weighted by Gasteiger charge is -2.27. The average Bonchev–Trinajstić information content (AvgIpc) is 2.83. The quantitative estimate of drug-likeness (QED) is 0.574. The van der Waals surface area contributed by atoms with E-state index < -0.39 is 0 Å². The zero-order valence-corrected chi connectivity index (χ0v) is 13.5. The summed E-state index contributed by atoms with van der Waals surface area (Å²) in [5.74, 6) is 0.499. The van der Waals surface area contributed by atoms with Crippen LogP contribution in [0.5, 0.6) is 0 Å². The molecular formula is C14H24ClN3O2. The number of methoxy groups -OCH3 is 1. The molecule has 0 bridgehead atoms. The van der Waals surface area contributed by atoms with Crippen molar-refractivity contribution in [3.05, 3.63) is 12.3 Å². The topological polar surface area (TPSA) is 47.4 Å². The minimum atomic E-state index is -0.122. The van der Waals surface area contributed by atoms with Crippen LogP contribution < -0.4 is 4.90 Å². The van der Waals surface area contributed by atoms with E-state index >= 15 is 0 Å². The second kappa shape index (κ2) is 7.64. The number of aromatic nitrogens is 2. The van der Waals surface area contributed by atoms with Gasteiger partial charge in [0.25, 0.3) is 0 Å². The number of carbonyl (C=O) groups excluding carboxylic acids is 1. The van der Waals surface area contributed by atoms with Crippen LogP contribution in [0.4, 0.5) is 5.82 Å². The molecule has 0 fully saturated rings. The summed E-state index contributed by atoms with van der Waals surface area (Å²) >= 11 is 5.69. The molecule has 5 nitrogen and oxygen atoms in total. The van der Waals surface area contributed by atoms with Crippen LogP contribution in [0.1, 0.15) is 27.2 Å². The van der Waals surface area contributed by atoms with E-state index in [0.717, 1.165) is 13.0 Å². The molecule has 0 aliphatic carbocycles. The molecule has 1 heterocycles. The zero-order valence-electron chi connectivity index (χ0n) is 12.7. The van der Waals surface area contributed by atoms with Gasteiger partial charge in [0.05, 0.1) is 0 Å². The molecule has 0 saturated carbocycles. The molecule has 0 unspecified atom stereocenters. The van der Waals surface area contributed by atoms with E-state index in [1.54, 1.807) is 12.0 Å². The first-order valence-electron chi connectivity index (χ1n) is 6.76. The van der Waals surface area contributed by atoms with Crippen molar-refractivity contribution in [1.29, 1.82) is 0 Å². The van der Waals surface area contributed by atoms with Crippen LogP contribution in [0.25, 0.3) is 0 Å². The molecule has 0 spiro atoms.